The molecule has 0 aliphatic rings. The number of sulfone groups is 1. The van der Waals surface area contributed by atoms with Crippen LogP contribution in [0.3, 0.4) is 0 Å². The van der Waals surface area contributed by atoms with Crippen LogP contribution in [0.1, 0.15) is 22.8 Å². The first-order chi connectivity index (χ1) is 10.4. The van der Waals surface area contributed by atoms with Crippen molar-refractivity contribution in [3.05, 3.63) is 53.6 Å². The Bertz CT molecular complexity index is 793. The highest BCUT2D eigenvalue weighted by Crippen LogP contribution is 2.31. The minimum atomic E-state index is -3.48. The number of hydrogen-bond donors (Lipinski definition) is 0. The quantitative estimate of drug-likeness (QED) is 0.813. The molecule has 2 aromatic rings. The summed E-state index contributed by atoms with van der Waals surface area (Å²) in [6.07, 6.45) is 1.75. The largest absolute Gasteiger partial charge is 0.465 e. The zero-order valence-corrected chi connectivity index (χ0v) is 13.6. The van der Waals surface area contributed by atoms with Gasteiger partial charge in [0, 0.05) is 11.8 Å². The molecule has 0 radical (unpaired) electrons. The first-order valence-electron chi connectivity index (χ1n) is 6.89. The summed E-state index contributed by atoms with van der Waals surface area (Å²) in [6.45, 7) is 1.91. The van der Waals surface area contributed by atoms with Gasteiger partial charge in [-0.2, -0.15) is 0 Å². The van der Waals surface area contributed by atoms with Gasteiger partial charge >= 0.3 is 5.97 Å². The summed E-state index contributed by atoms with van der Waals surface area (Å²) >= 11 is 0. The van der Waals surface area contributed by atoms with E-state index in [9.17, 15) is 13.2 Å². The molecule has 0 unspecified atom stereocenters. The summed E-state index contributed by atoms with van der Waals surface area (Å²) in [4.78, 5) is 12.0. The van der Waals surface area contributed by atoms with Crippen molar-refractivity contribution in [2.45, 2.75) is 18.2 Å². The van der Waals surface area contributed by atoms with Crippen LogP contribution in [0.2, 0.25) is 0 Å². The molecule has 4 nitrogen and oxygen atoms in total. The van der Waals surface area contributed by atoms with Crippen LogP contribution in [-0.4, -0.2) is 27.8 Å². The van der Waals surface area contributed by atoms with E-state index >= 15 is 0 Å². The molecule has 0 spiro atoms. The normalized spacial score (nSPS) is 11.2. The average molecular weight is 318 g/mol. The smallest absolute Gasteiger partial charge is 0.338 e. The Kier molecular flexibility index (Phi) is 4.66. The van der Waals surface area contributed by atoms with E-state index in [4.69, 9.17) is 4.74 Å². The number of hydrogen-bond acceptors (Lipinski definition) is 4. The highest BCUT2D eigenvalue weighted by atomic mass is 32.2. The van der Waals surface area contributed by atoms with E-state index in [1.54, 1.807) is 6.07 Å². The van der Waals surface area contributed by atoms with Gasteiger partial charge in [-0.15, -0.1) is 0 Å². The summed E-state index contributed by atoms with van der Waals surface area (Å²) in [5, 5.41) is 0. The number of aryl methyl sites for hydroxylation is 1. The second kappa shape index (κ2) is 6.32. The number of esters is 1. The maximum absolute atomic E-state index is 12.1. The molecular weight excluding hydrogens is 300 g/mol. The first kappa shape index (κ1) is 16.2. The van der Waals surface area contributed by atoms with Crippen molar-refractivity contribution < 1.29 is 17.9 Å². The van der Waals surface area contributed by atoms with Gasteiger partial charge in [-0.05, 0) is 29.7 Å². The molecule has 5 heteroatoms. The summed E-state index contributed by atoms with van der Waals surface area (Å²) in [5.74, 6) is -0.527. The van der Waals surface area contributed by atoms with Crippen molar-refractivity contribution in [1.82, 2.24) is 0 Å². The zero-order valence-electron chi connectivity index (χ0n) is 12.8. The van der Waals surface area contributed by atoms with Gasteiger partial charge < -0.3 is 4.74 Å². The van der Waals surface area contributed by atoms with E-state index in [0.717, 1.165) is 17.4 Å². The molecule has 0 amide bonds. The maximum Gasteiger partial charge on any atom is 0.338 e. The lowest BCUT2D eigenvalue weighted by molar-refractivity contribution is 0.0599. The number of benzene rings is 2. The number of carbonyl (C=O) groups excluding carboxylic acids is 1. The lowest BCUT2D eigenvalue weighted by atomic mass is 9.97. The molecular formula is C17H18O4S. The lowest BCUT2D eigenvalue weighted by Gasteiger charge is -2.14. The summed E-state index contributed by atoms with van der Waals surface area (Å²) in [5.41, 5.74) is 2.46. The minimum absolute atomic E-state index is 0.135. The van der Waals surface area contributed by atoms with Crippen molar-refractivity contribution in [3.8, 4) is 11.1 Å². The van der Waals surface area contributed by atoms with Crippen molar-refractivity contribution in [3.63, 3.8) is 0 Å². The third kappa shape index (κ3) is 3.20. The number of ether oxygens (including phenoxy) is 1. The van der Waals surface area contributed by atoms with E-state index in [1.807, 2.05) is 37.3 Å². The molecule has 0 aliphatic carbocycles. The Balaban J connectivity index is 2.81. The van der Waals surface area contributed by atoms with Gasteiger partial charge in [-0.3, -0.25) is 0 Å². The van der Waals surface area contributed by atoms with Crippen molar-refractivity contribution in [1.29, 1.82) is 0 Å². The Morgan fingerprint density at radius 2 is 1.77 bits per heavy atom. The van der Waals surface area contributed by atoms with Gasteiger partial charge in [-0.25, -0.2) is 13.2 Å². The van der Waals surface area contributed by atoms with Crippen LogP contribution >= 0.6 is 0 Å². The summed E-state index contributed by atoms with van der Waals surface area (Å²) in [6, 6.07) is 12.4. The highest BCUT2D eigenvalue weighted by Gasteiger charge is 2.21. The monoisotopic (exact) mass is 318 g/mol. The topological polar surface area (TPSA) is 60.4 Å². The number of carbonyl (C=O) groups is 1. The summed E-state index contributed by atoms with van der Waals surface area (Å²) in [7, 11) is -2.19. The average Bonchev–Trinajstić information content (AvgIpc) is 2.52. The third-order valence-corrected chi connectivity index (χ3v) is 4.61. The predicted octanol–water partition coefficient (Wildman–Crippen LogP) is 3.11. The standard InChI is InChI=1S/C17H18O4S/c1-4-12-10-14(13-8-6-5-7-9-13)16(22(3,19)20)11-15(12)17(18)21-2/h5-11H,4H2,1-3H3. The van der Waals surface area contributed by atoms with E-state index in [2.05, 4.69) is 0 Å². The van der Waals surface area contributed by atoms with Crippen LogP contribution in [0.25, 0.3) is 11.1 Å². The molecule has 0 fully saturated rings. The molecule has 116 valence electrons. The number of methoxy groups -OCH3 is 1. The van der Waals surface area contributed by atoms with Gasteiger partial charge in [0.05, 0.1) is 17.6 Å². The highest BCUT2D eigenvalue weighted by molar-refractivity contribution is 7.90. The Morgan fingerprint density at radius 1 is 1.14 bits per heavy atom. The van der Waals surface area contributed by atoms with Gasteiger partial charge in [0.1, 0.15) is 0 Å². The van der Waals surface area contributed by atoms with E-state index in [-0.39, 0.29) is 4.90 Å². The molecule has 22 heavy (non-hydrogen) atoms. The molecule has 0 saturated carbocycles. The molecule has 0 atom stereocenters. The van der Waals surface area contributed by atoms with E-state index in [0.29, 0.717) is 17.5 Å². The van der Waals surface area contributed by atoms with Gasteiger partial charge in [-0.1, -0.05) is 37.3 Å². The van der Waals surface area contributed by atoms with Crippen LogP contribution in [0, 0.1) is 0 Å². The maximum atomic E-state index is 12.1. The molecule has 0 aromatic heterocycles. The van der Waals surface area contributed by atoms with Crippen LogP contribution in [-0.2, 0) is 21.0 Å². The third-order valence-electron chi connectivity index (χ3n) is 3.48. The molecule has 0 saturated heterocycles. The lowest BCUT2D eigenvalue weighted by Crippen LogP contribution is -2.09. The molecule has 0 heterocycles. The van der Waals surface area contributed by atoms with Gasteiger partial charge in [0.15, 0.2) is 9.84 Å². The van der Waals surface area contributed by atoms with Crippen molar-refractivity contribution >= 4 is 15.8 Å². The Labute approximate surface area is 130 Å². The summed E-state index contributed by atoms with van der Waals surface area (Å²) < 4.78 is 29.0. The second-order valence-corrected chi connectivity index (χ2v) is 6.97. The first-order valence-corrected chi connectivity index (χ1v) is 8.78. The fourth-order valence-electron chi connectivity index (χ4n) is 2.37. The van der Waals surface area contributed by atoms with Crippen molar-refractivity contribution in [2.75, 3.05) is 13.4 Å². The SMILES string of the molecule is CCc1cc(-c2ccccc2)c(S(C)(=O)=O)cc1C(=O)OC. The molecule has 0 N–H and O–H groups in total. The van der Waals surface area contributed by atoms with Gasteiger partial charge in [0.25, 0.3) is 0 Å². The van der Waals surface area contributed by atoms with Gasteiger partial charge in [0.2, 0.25) is 0 Å². The van der Waals surface area contributed by atoms with E-state index in [1.165, 1.54) is 13.2 Å². The van der Waals surface area contributed by atoms with Crippen LogP contribution in [0.4, 0.5) is 0 Å². The second-order valence-electron chi connectivity index (χ2n) is 4.99. The number of rotatable bonds is 4. The fraction of sp³-hybridized carbons (Fsp3) is 0.235. The molecule has 0 aliphatic heterocycles. The predicted molar refractivity (Wildman–Crippen MR) is 85.7 cm³/mol. The van der Waals surface area contributed by atoms with E-state index < -0.39 is 15.8 Å². The van der Waals surface area contributed by atoms with Crippen LogP contribution < -0.4 is 0 Å². The zero-order chi connectivity index (χ0) is 16.3. The fourth-order valence-corrected chi connectivity index (χ4v) is 3.28. The Morgan fingerprint density at radius 3 is 2.27 bits per heavy atom. The Hall–Kier alpha value is -2.14. The minimum Gasteiger partial charge on any atom is -0.465 e. The van der Waals surface area contributed by atoms with Crippen LogP contribution in [0.5, 0.6) is 0 Å². The molecule has 2 rings (SSSR count). The molecule has 2 aromatic carbocycles. The van der Waals surface area contributed by atoms with Crippen molar-refractivity contribution in [2.24, 2.45) is 0 Å². The molecule has 0 bridgehead atoms. The van der Waals surface area contributed by atoms with Crippen LogP contribution in [0.15, 0.2) is 47.4 Å².